The Labute approximate surface area is 118 Å². The minimum atomic E-state index is -0.197. The maximum absolute atomic E-state index is 13.3. The maximum atomic E-state index is 13.3. The second-order valence-electron chi connectivity index (χ2n) is 4.27. The van der Waals surface area contributed by atoms with Gasteiger partial charge in [-0.2, -0.15) is 0 Å². The van der Waals surface area contributed by atoms with Crippen LogP contribution in [0.3, 0.4) is 0 Å². The summed E-state index contributed by atoms with van der Waals surface area (Å²) in [6, 6.07) is 5.14. The van der Waals surface area contributed by atoms with Crippen LogP contribution >= 0.6 is 15.9 Å². The Morgan fingerprint density at radius 1 is 1.28 bits per heavy atom. The molecule has 1 aromatic carbocycles. The van der Waals surface area contributed by atoms with E-state index in [0.717, 1.165) is 38.2 Å². The molecule has 0 unspecified atom stereocenters. The first-order valence-electron chi connectivity index (χ1n) is 6.55. The predicted octanol–water partition coefficient (Wildman–Crippen LogP) is 3.41. The van der Waals surface area contributed by atoms with Crippen LogP contribution in [0.2, 0.25) is 0 Å². The fourth-order valence-electron chi connectivity index (χ4n) is 1.88. The van der Waals surface area contributed by atoms with E-state index in [0.29, 0.717) is 11.0 Å². The van der Waals surface area contributed by atoms with E-state index in [2.05, 4.69) is 40.0 Å². The molecule has 0 bridgehead atoms. The van der Waals surface area contributed by atoms with Crippen molar-refractivity contribution in [1.82, 2.24) is 10.2 Å². The third-order valence-electron chi connectivity index (χ3n) is 3.07. The van der Waals surface area contributed by atoms with Crippen LogP contribution < -0.4 is 5.32 Å². The number of hydrogen-bond acceptors (Lipinski definition) is 2. The quantitative estimate of drug-likeness (QED) is 0.739. The molecule has 0 aromatic heterocycles. The highest BCUT2D eigenvalue weighted by atomic mass is 79.9. The standard InChI is InChI=1S/C14H22BrFN2/c1-3-18(4-2)10-6-9-17-11-12-7-5-8-13(16)14(12)15/h5,7-8,17H,3-4,6,9-11H2,1-2H3. The van der Waals surface area contributed by atoms with E-state index in [1.165, 1.54) is 6.07 Å². The van der Waals surface area contributed by atoms with Gasteiger partial charge in [-0.3, -0.25) is 0 Å². The summed E-state index contributed by atoms with van der Waals surface area (Å²) in [6.07, 6.45) is 1.12. The second-order valence-corrected chi connectivity index (χ2v) is 5.06. The van der Waals surface area contributed by atoms with Crippen molar-refractivity contribution in [2.75, 3.05) is 26.2 Å². The molecule has 0 radical (unpaired) electrons. The van der Waals surface area contributed by atoms with Crippen LogP contribution in [-0.2, 0) is 6.54 Å². The molecule has 1 aromatic rings. The fraction of sp³-hybridized carbons (Fsp3) is 0.571. The third-order valence-corrected chi connectivity index (χ3v) is 3.96. The zero-order valence-electron chi connectivity index (χ0n) is 11.2. The third kappa shape index (κ3) is 5.04. The van der Waals surface area contributed by atoms with Crippen molar-refractivity contribution in [3.05, 3.63) is 34.1 Å². The number of rotatable bonds is 8. The molecule has 0 aliphatic rings. The van der Waals surface area contributed by atoms with Crippen molar-refractivity contribution in [3.8, 4) is 0 Å². The van der Waals surface area contributed by atoms with Crippen molar-refractivity contribution in [2.45, 2.75) is 26.8 Å². The Balaban J connectivity index is 2.24. The molecular formula is C14H22BrFN2. The number of nitrogens with zero attached hydrogens (tertiary/aromatic N) is 1. The molecule has 1 N–H and O–H groups in total. The van der Waals surface area contributed by atoms with Crippen LogP contribution in [0.1, 0.15) is 25.8 Å². The zero-order chi connectivity index (χ0) is 13.4. The first-order valence-corrected chi connectivity index (χ1v) is 7.34. The molecule has 0 atom stereocenters. The second kappa shape index (κ2) is 8.62. The van der Waals surface area contributed by atoms with Gasteiger partial charge in [0.2, 0.25) is 0 Å². The van der Waals surface area contributed by atoms with Gasteiger partial charge in [-0.1, -0.05) is 26.0 Å². The predicted molar refractivity (Wildman–Crippen MR) is 78.2 cm³/mol. The summed E-state index contributed by atoms with van der Waals surface area (Å²) in [5.41, 5.74) is 0.970. The van der Waals surface area contributed by atoms with Gasteiger partial charge in [0, 0.05) is 6.54 Å². The summed E-state index contributed by atoms with van der Waals surface area (Å²) in [5, 5.41) is 3.35. The lowest BCUT2D eigenvalue weighted by atomic mass is 10.2. The van der Waals surface area contributed by atoms with Gasteiger partial charge >= 0.3 is 0 Å². The maximum Gasteiger partial charge on any atom is 0.137 e. The van der Waals surface area contributed by atoms with Gasteiger partial charge in [0.1, 0.15) is 5.82 Å². The molecule has 0 saturated heterocycles. The smallest absolute Gasteiger partial charge is 0.137 e. The molecule has 0 aliphatic carbocycles. The number of halogens is 2. The first kappa shape index (κ1) is 15.6. The van der Waals surface area contributed by atoms with E-state index in [-0.39, 0.29) is 5.82 Å². The average Bonchev–Trinajstić information content (AvgIpc) is 2.38. The molecule has 0 heterocycles. The molecule has 0 saturated carbocycles. The summed E-state index contributed by atoms with van der Waals surface area (Å²) in [7, 11) is 0. The lowest BCUT2D eigenvalue weighted by Crippen LogP contribution is -2.27. The Kier molecular flexibility index (Phi) is 7.47. The van der Waals surface area contributed by atoms with Crippen LogP contribution in [0.5, 0.6) is 0 Å². The minimum absolute atomic E-state index is 0.197. The van der Waals surface area contributed by atoms with Crippen LogP contribution in [0.15, 0.2) is 22.7 Å². The largest absolute Gasteiger partial charge is 0.313 e. The van der Waals surface area contributed by atoms with Gasteiger partial charge in [-0.15, -0.1) is 0 Å². The highest BCUT2D eigenvalue weighted by Gasteiger charge is 2.04. The summed E-state index contributed by atoms with van der Waals surface area (Å²) in [6.45, 7) is 9.35. The number of hydrogen-bond donors (Lipinski definition) is 1. The number of benzene rings is 1. The SMILES string of the molecule is CCN(CC)CCCNCc1cccc(F)c1Br. The van der Waals surface area contributed by atoms with Gasteiger partial charge in [0.15, 0.2) is 0 Å². The van der Waals surface area contributed by atoms with Crippen molar-refractivity contribution >= 4 is 15.9 Å². The van der Waals surface area contributed by atoms with Crippen molar-refractivity contribution in [1.29, 1.82) is 0 Å². The van der Waals surface area contributed by atoms with E-state index >= 15 is 0 Å². The zero-order valence-corrected chi connectivity index (χ0v) is 12.8. The van der Waals surface area contributed by atoms with E-state index in [1.54, 1.807) is 6.07 Å². The molecule has 0 fully saturated rings. The molecule has 18 heavy (non-hydrogen) atoms. The molecule has 0 aliphatic heterocycles. The number of nitrogens with one attached hydrogen (secondary N) is 1. The first-order chi connectivity index (χ1) is 8.69. The lowest BCUT2D eigenvalue weighted by Gasteiger charge is -2.17. The Morgan fingerprint density at radius 2 is 2.00 bits per heavy atom. The van der Waals surface area contributed by atoms with E-state index < -0.39 is 0 Å². The highest BCUT2D eigenvalue weighted by Crippen LogP contribution is 2.19. The molecule has 0 amide bonds. The van der Waals surface area contributed by atoms with E-state index in [9.17, 15) is 4.39 Å². The van der Waals surface area contributed by atoms with Gasteiger partial charge in [-0.05, 0) is 60.2 Å². The summed E-state index contributed by atoms with van der Waals surface area (Å²) in [5.74, 6) is -0.197. The molecule has 102 valence electrons. The topological polar surface area (TPSA) is 15.3 Å². The summed E-state index contributed by atoms with van der Waals surface area (Å²) >= 11 is 3.27. The normalized spacial score (nSPS) is 11.2. The summed E-state index contributed by atoms with van der Waals surface area (Å²) in [4.78, 5) is 2.40. The lowest BCUT2D eigenvalue weighted by molar-refractivity contribution is 0.298. The van der Waals surface area contributed by atoms with Gasteiger partial charge in [0.05, 0.1) is 4.47 Å². The van der Waals surface area contributed by atoms with E-state index in [4.69, 9.17) is 0 Å². The Bertz CT molecular complexity index is 354. The summed E-state index contributed by atoms with van der Waals surface area (Å²) < 4.78 is 13.8. The Morgan fingerprint density at radius 3 is 2.67 bits per heavy atom. The van der Waals surface area contributed by atoms with Crippen LogP contribution in [0, 0.1) is 5.82 Å². The van der Waals surface area contributed by atoms with Crippen molar-refractivity contribution < 1.29 is 4.39 Å². The van der Waals surface area contributed by atoms with Crippen molar-refractivity contribution in [3.63, 3.8) is 0 Å². The highest BCUT2D eigenvalue weighted by molar-refractivity contribution is 9.10. The molecular weight excluding hydrogens is 295 g/mol. The minimum Gasteiger partial charge on any atom is -0.313 e. The van der Waals surface area contributed by atoms with Gasteiger partial charge in [-0.25, -0.2) is 4.39 Å². The molecule has 4 heteroatoms. The molecule has 2 nitrogen and oxygen atoms in total. The fourth-order valence-corrected chi connectivity index (χ4v) is 2.28. The van der Waals surface area contributed by atoms with Crippen molar-refractivity contribution in [2.24, 2.45) is 0 Å². The molecule has 1 rings (SSSR count). The van der Waals surface area contributed by atoms with Crippen LogP contribution in [0.4, 0.5) is 4.39 Å². The monoisotopic (exact) mass is 316 g/mol. The van der Waals surface area contributed by atoms with Crippen LogP contribution in [-0.4, -0.2) is 31.1 Å². The van der Waals surface area contributed by atoms with Gasteiger partial charge < -0.3 is 10.2 Å². The molecule has 0 spiro atoms. The van der Waals surface area contributed by atoms with Gasteiger partial charge in [0.25, 0.3) is 0 Å². The van der Waals surface area contributed by atoms with Crippen LogP contribution in [0.25, 0.3) is 0 Å². The average molecular weight is 317 g/mol. The van der Waals surface area contributed by atoms with E-state index in [1.807, 2.05) is 6.07 Å². The Hall–Kier alpha value is -0.450.